The first-order valence-corrected chi connectivity index (χ1v) is 5.67. The molecule has 1 aromatic rings. The van der Waals surface area contributed by atoms with Crippen molar-refractivity contribution in [2.45, 2.75) is 11.8 Å². The molecular formula is C11H14O3S. The van der Waals surface area contributed by atoms with E-state index in [1.807, 2.05) is 6.26 Å². The van der Waals surface area contributed by atoms with E-state index in [1.165, 1.54) is 18.7 Å². The molecule has 0 heterocycles. The summed E-state index contributed by atoms with van der Waals surface area (Å²) in [7, 11) is 3.16. The maximum absolute atomic E-state index is 11.3. The number of ether oxygens (including phenoxy) is 2. The van der Waals surface area contributed by atoms with E-state index in [2.05, 4.69) is 0 Å². The van der Waals surface area contributed by atoms with Gasteiger partial charge in [0.15, 0.2) is 5.78 Å². The van der Waals surface area contributed by atoms with E-state index in [9.17, 15) is 4.79 Å². The van der Waals surface area contributed by atoms with Gasteiger partial charge in [0.2, 0.25) is 0 Å². The first-order valence-electron chi connectivity index (χ1n) is 4.45. The molecule has 0 saturated heterocycles. The molecule has 1 aromatic carbocycles. The molecule has 0 amide bonds. The Morgan fingerprint density at radius 1 is 1.20 bits per heavy atom. The molecule has 15 heavy (non-hydrogen) atoms. The summed E-state index contributed by atoms with van der Waals surface area (Å²) in [6.45, 7) is 1.52. The summed E-state index contributed by atoms with van der Waals surface area (Å²) in [4.78, 5) is 12.2. The highest BCUT2D eigenvalue weighted by atomic mass is 32.2. The van der Waals surface area contributed by atoms with Gasteiger partial charge in [-0.15, -0.1) is 11.8 Å². The number of carbonyl (C=O) groups excluding carboxylic acids is 1. The minimum absolute atomic E-state index is 0.000692. The van der Waals surface area contributed by atoms with E-state index >= 15 is 0 Å². The minimum atomic E-state index is -0.000692. The Kier molecular flexibility index (Phi) is 4.03. The summed E-state index contributed by atoms with van der Waals surface area (Å²) in [5, 5.41) is 0. The third kappa shape index (κ3) is 2.45. The number of methoxy groups -OCH3 is 2. The zero-order chi connectivity index (χ0) is 11.4. The molecule has 4 heteroatoms. The van der Waals surface area contributed by atoms with E-state index in [4.69, 9.17) is 9.47 Å². The van der Waals surface area contributed by atoms with Crippen LogP contribution in [-0.4, -0.2) is 26.3 Å². The van der Waals surface area contributed by atoms with Crippen LogP contribution in [0.4, 0.5) is 0 Å². The Hall–Kier alpha value is -1.16. The molecule has 0 aliphatic rings. The van der Waals surface area contributed by atoms with E-state index in [-0.39, 0.29) is 5.78 Å². The van der Waals surface area contributed by atoms with Crippen molar-refractivity contribution in [1.82, 2.24) is 0 Å². The van der Waals surface area contributed by atoms with Gasteiger partial charge >= 0.3 is 0 Å². The molecule has 3 nitrogen and oxygen atoms in total. The van der Waals surface area contributed by atoms with Crippen LogP contribution in [-0.2, 0) is 0 Å². The Labute approximate surface area is 93.8 Å². The van der Waals surface area contributed by atoms with Crippen LogP contribution in [0.5, 0.6) is 11.5 Å². The molecule has 0 unspecified atom stereocenters. The van der Waals surface area contributed by atoms with Gasteiger partial charge in [0.1, 0.15) is 11.5 Å². The summed E-state index contributed by atoms with van der Waals surface area (Å²) in [6, 6.07) is 3.47. The standard InChI is InChI=1S/C11H14O3S/c1-7(12)8-5-9(13-2)11(15-4)10(6-8)14-3/h5-6H,1-4H3. The van der Waals surface area contributed by atoms with Gasteiger partial charge < -0.3 is 9.47 Å². The summed E-state index contributed by atoms with van der Waals surface area (Å²) in [5.41, 5.74) is 0.599. The largest absolute Gasteiger partial charge is 0.495 e. The summed E-state index contributed by atoms with van der Waals surface area (Å²) < 4.78 is 10.4. The molecule has 0 aliphatic carbocycles. The average Bonchev–Trinajstić information content (AvgIpc) is 2.26. The van der Waals surface area contributed by atoms with E-state index in [0.717, 1.165) is 4.90 Å². The van der Waals surface area contributed by atoms with Crippen molar-refractivity contribution in [1.29, 1.82) is 0 Å². The molecular weight excluding hydrogens is 212 g/mol. The highest BCUT2D eigenvalue weighted by molar-refractivity contribution is 7.98. The number of hydrogen-bond donors (Lipinski definition) is 0. The monoisotopic (exact) mass is 226 g/mol. The molecule has 0 bridgehead atoms. The van der Waals surface area contributed by atoms with Crippen LogP contribution < -0.4 is 9.47 Å². The van der Waals surface area contributed by atoms with Gasteiger partial charge in [-0.05, 0) is 25.3 Å². The minimum Gasteiger partial charge on any atom is -0.495 e. The second-order valence-corrected chi connectivity index (χ2v) is 3.79. The van der Waals surface area contributed by atoms with Crippen LogP contribution in [0.3, 0.4) is 0 Å². The van der Waals surface area contributed by atoms with Crippen LogP contribution in [0.25, 0.3) is 0 Å². The van der Waals surface area contributed by atoms with E-state index in [0.29, 0.717) is 17.1 Å². The van der Waals surface area contributed by atoms with Gasteiger partial charge in [0, 0.05) is 5.56 Å². The lowest BCUT2D eigenvalue weighted by Crippen LogP contribution is -1.98. The third-order valence-electron chi connectivity index (χ3n) is 2.07. The molecule has 0 N–H and O–H groups in total. The SMILES string of the molecule is COc1cc(C(C)=O)cc(OC)c1SC. The second kappa shape index (κ2) is 5.07. The van der Waals surface area contributed by atoms with Crippen LogP contribution in [0.2, 0.25) is 0 Å². The van der Waals surface area contributed by atoms with Crippen LogP contribution in [0, 0.1) is 0 Å². The number of Topliss-reactive ketones (excluding diaryl/α,β-unsaturated/α-hetero) is 1. The van der Waals surface area contributed by atoms with E-state index in [1.54, 1.807) is 26.4 Å². The highest BCUT2D eigenvalue weighted by Crippen LogP contribution is 2.37. The number of benzene rings is 1. The lowest BCUT2D eigenvalue weighted by atomic mass is 10.1. The molecule has 0 spiro atoms. The molecule has 1 rings (SSSR count). The fraction of sp³-hybridized carbons (Fsp3) is 0.364. The summed E-state index contributed by atoms with van der Waals surface area (Å²) in [6.07, 6.45) is 1.94. The molecule has 0 radical (unpaired) electrons. The van der Waals surface area contributed by atoms with Crippen LogP contribution >= 0.6 is 11.8 Å². The van der Waals surface area contributed by atoms with Crippen LogP contribution in [0.1, 0.15) is 17.3 Å². The lowest BCUT2D eigenvalue weighted by molar-refractivity contribution is 0.101. The number of thioether (sulfide) groups is 1. The first-order chi connectivity index (χ1) is 7.13. The summed E-state index contributed by atoms with van der Waals surface area (Å²) >= 11 is 1.53. The number of ketones is 1. The number of hydrogen-bond acceptors (Lipinski definition) is 4. The Bertz CT molecular complexity index is 349. The van der Waals surface area contributed by atoms with Crippen molar-refractivity contribution >= 4 is 17.5 Å². The van der Waals surface area contributed by atoms with Crippen molar-refractivity contribution in [3.05, 3.63) is 17.7 Å². The fourth-order valence-corrected chi connectivity index (χ4v) is 1.97. The predicted octanol–water partition coefficient (Wildman–Crippen LogP) is 2.63. The molecule has 0 atom stereocenters. The van der Waals surface area contributed by atoms with Gasteiger partial charge in [-0.25, -0.2) is 0 Å². The fourth-order valence-electron chi connectivity index (χ4n) is 1.28. The molecule has 0 aliphatic heterocycles. The van der Waals surface area contributed by atoms with Crippen molar-refractivity contribution in [3.8, 4) is 11.5 Å². The Morgan fingerprint density at radius 3 is 1.93 bits per heavy atom. The predicted molar refractivity (Wildman–Crippen MR) is 61.3 cm³/mol. The molecule has 0 saturated carbocycles. The summed E-state index contributed by atoms with van der Waals surface area (Å²) in [5.74, 6) is 1.35. The van der Waals surface area contributed by atoms with Gasteiger partial charge in [0.05, 0.1) is 19.1 Å². The number of rotatable bonds is 4. The maximum atomic E-state index is 11.3. The molecule has 0 fully saturated rings. The number of carbonyl (C=O) groups is 1. The zero-order valence-corrected chi connectivity index (χ0v) is 10.1. The van der Waals surface area contributed by atoms with E-state index < -0.39 is 0 Å². The average molecular weight is 226 g/mol. The van der Waals surface area contributed by atoms with Crippen molar-refractivity contribution in [2.24, 2.45) is 0 Å². The Balaban J connectivity index is 3.35. The topological polar surface area (TPSA) is 35.5 Å². The van der Waals surface area contributed by atoms with Crippen molar-refractivity contribution in [2.75, 3.05) is 20.5 Å². The highest BCUT2D eigenvalue weighted by Gasteiger charge is 2.13. The smallest absolute Gasteiger partial charge is 0.160 e. The van der Waals surface area contributed by atoms with Crippen molar-refractivity contribution < 1.29 is 14.3 Å². The van der Waals surface area contributed by atoms with Crippen LogP contribution in [0.15, 0.2) is 17.0 Å². The van der Waals surface area contributed by atoms with Gasteiger partial charge in [-0.2, -0.15) is 0 Å². The van der Waals surface area contributed by atoms with Gasteiger partial charge in [0.25, 0.3) is 0 Å². The molecule has 0 aromatic heterocycles. The van der Waals surface area contributed by atoms with Crippen molar-refractivity contribution in [3.63, 3.8) is 0 Å². The maximum Gasteiger partial charge on any atom is 0.160 e. The zero-order valence-electron chi connectivity index (χ0n) is 9.29. The quantitative estimate of drug-likeness (QED) is 0.584. The first kappa shape index (κ1) is 11.9. The third-order valence-corrected chi connectivity index (χ3v) is 2.88. The lowest BCUT2D eigenvalue weighted by Gasteiger charge is -2.12. The molecule has 82 valence electrons. The second-order valence-electron chi connectivity index (χ2n) is 2.97. The van der Waals surface area contributed by atoms with Gasteiger partial charge in [-0.3, -0.25) is 4.79 Å². The Morgan fingerprint density at radius 2 is 1.67 bits per heavy atom. The normalized spacial score (nSPS) is 9.87. The van der Waals surface area contributed by atoms with Gasteiger partial charge in [-0.1, -0.05) is 0 Å².